The molecule has 0 bridgehead atoms. The first-order chi connectivity index (χ1) is 5.02. The number of aryl methyl sites for hydroxylation is 1. The van der Waals surface area contributed by atoms with E-state index in [4.69, 9.17) is 5.14 Å². The molecule has 0 spiro atoms. The van der Waals surface area contributed by atoms with Crippen LogP contribution in [0.5, 0.6) is 0 Å². The van der Waals surface area contributed by atoms with E-state index in [1.165, 1.54) is 6.07 Å². The number of primary sulfonamides is 1. The van der Waals surface area contributed by atoms with Crippen molar-refractivity contribution in [2.75, 3.05) is 0 Å². The lowest BCUT2D eigenvalue weighted by Crippen LogP contribution is -2.13. The molecule has 1 radical (unpaired) electrons. The van der Waals surface area contributed by atoms with Crippen LogP contribution in [0, 0.1) is 13.0 Å². The van der Waals surface area contributed by atoms with Crippen molar-refractivity contribution in [3.63, 3.8) is 0 Å². The number of benzene rings is 1. The number of sulfonamides is 1. The van der Waals surface area contributed by atoms with Crippen molar-refractivity contribution in [3.8, 4) is 0 Å². The van der Waals surface area contributed by atoms with Gasteiger partial charge in [0.15, 0.2) is 0 Å². The van der Waals surface area contributed by atoms with Crippen molar-refractivity contribution in [1.29, 1.82) is 0 Å². The summed E-state index contributed by atoms with van der Waals surface area (Å²) in [5.74, 6) is 0. The molecule has 0 unspecified atom stereocenters. The van der Waals surface area contributed by atoms with Gasteiger partial charge in [-0.05, 0) is 12.5 Å². The third kappa shape index (κ3) is 1.78. The first-order valence-electron chi connectivity index (χ1n) is 3.02. The van der Waals surface area contributed by atoms with E-state index in [1.807, 2.05) is 0 Å². The molecule has 0 saturated carbocycles. The van der Waals surface area contributed by atoms with E-state index < -0.39 is 10.0 Å². The lowest BCUT2D eigenvalue weighted by Gasteiger charge is -1.99. The van der Waals surface area contributed by atoms with E-state index in [2.05, 4.69) is 6.07 Å². The third-order valence-corrected chi connectivity index (χ3v) is 2.31. The minimum absolute atomic E-state index is 0.0694. The lowest BCUT2D eigenvalue weighted by atomic mass is 10.2. The van der Waals surface area contributed by atoms with E-state index in [0.717, 1.165) is 0 Å². The largest absolute Gasteiger partial charge is 0.238 e. The molecule has 1 aromatic carbocycles. The molecule has 3 nitrogen and oxygen atoms in total. The second-order valence-corrected chi connectivity index (χ2v) is 3.73. The van der Waals surface area contributed by atoms with Gasteiger partial charge in [-0.2, -0.15) is 0 Å². The summed E-state index contributed by atoms with van der Waals surface area (Å²) in [7, 11) is -3.59. The molecule has 59 valence electrons. The van der Waals surface area contributed by atoms with Gasteiger partial charge in [0, 0.05) is 6.07 Å². The number of rotatable bonds is 1. The predicted octanol–water partition coefficient (Wildman–Crippen LogP) is 0.443. The average Bonchev–Trinajstić information content (AvgIpc) is 1.86. The standard InChI is InChI=1S/C7H8NO2S/c1-6-4-2-3-5-7(6)11(8,9)10/h2-4H,1H3,(H2,8,9,10). The van der Waals surface area contributed by atoms with Crippen LogP contribution in [0.2, 0.25) is 0 Å². The van der Waals surface area contributed by atoms with Crippen LogP contribution in [-0.4, -0.2) is 8.42 Å². The monoisotopic (exact) mass is 170 g/mol. The maximum atomic E-state index is 10.8. The van der Waals surface area contributed by atoms with Crippen LogP contribution in [0.15, 0.2) is 23.1 Å². The summed E-state index contributed by atoms with van der Waals surface area (Å²) in [5.41, 5.74) is 0.620. The fourth-order valence-electron chi connectivity index (χ4n) is 0.812. The molecule has 1 aromatic rings. The molecule has 0 heterocycles. The average molecular weight is 170 g/mol. The highest BCUT2D eigenvalue weighted by Gasteiger charge is 2.09. The third-order valence-electron chi connectivity index (χ3n) is 1.30. The summed E-state index contributed by atoms with van der Waals surface area (Å²) in [6.07, 6.45) is 0. The van der Waals surface area contributed by atoms with Gasteiger partial charge in [-0.1, -0.05) is 18.2 Å². The lowest BCUT2D eigenvalue weighted by molar-refractivity contribution is 0.597. The van der Waals surface area contributed by atoms with Gasteiger partial charge in [-0.25, -0.2) is 13.6 Å². The number of nitrogens with two attached hydrogens (primary N) is 1. The van der Waals surface area contributed by atoms with Gasteiger partial charge < -0.3 is 0 Å². The minimum atomic E-state index is -3.59. The minimum Gasteiger partial charge on any atom is -0.225 e. The Morgan fingerprint density at radius 2 is 2.18 bits per heavy atom. The van der Waals surface area contributed by atoms with E-state index in [9.17, 15) is 8.42 Å². The fourth-order valence-corrected chi connectivity index (χ4v) is 1.56. The summed E-state index contributed by atoms with van der Waals surface area (Å²) < 4.78 is 21.6. The molecule has 0 aliphatic carbocycles. The van der Waals surface area contributed by atoms with Crippen molar-refractivity contribution < 1.29 is 8.42 Å². The van der Waals surface area contributed by atoms with Crippen molar-refractivity contribution in [1.82, 2.24) is 0 Å². The van der Waals surface area contributed by atoms with E-state index in [1.54, 1.807) is 19.1 Å². The van der Waals surface area contributed by atoms with Crippen molar-refractivity contribution in [2.45, 2.75) is 11.8 Å². The van der Waals surface area contributed by atoms with Crippen molar-refractivity contribution in [3.05, 3.63) is 29.8 Å². The Balaban J connectivity index is 3.37. The second kappa shape index (κ2) is 2.64. The predicted molar refractivity (Wildman–Crippen MR) is 41.4 cm³/mol. The maximum absolute atomic E-state index is 10.8. The summed E-state index contributed by atoms with van der Waals surface area (Å²) in [6.45, 7) is 1.68. The Morgan fingerprint density at radius 1 is 1.55 bits per heavy atom. The molecule has 0 amide bonds. The zero-order valence-electron chi connectivity index (χ0n) is 6.03. The van der Waals surface area contributed by atoms with Gasteiger partial charge >= 0.3 is 0 Å². The molecule has 0 aliphatic rings. The SMILES string of the molecule is Cc1ccc[c]c1S(N)(=O)=O. The van der Waals surface area contributed by atoms with Crippen LogP contribution < -0.4 is 5.14 Å². The van der Waals surface area contributed by atoms with Crippen molar-refractivity contribution in [2.24, 2.45) is 5.14 Å². The Labute approximate surface area is 65.9 Å². The van der Waals surface area contributed by atoms with Crippen LogP contribution in [0.3, 0.4) is 0 Å². The van der Waals surface area contributed by atoms with E-state index in [-0.39, 0.29) is 4.90 Å². The van der Waals surface area contributed by atoms with Crippen LogP contribution in [0.4, 0.5) is 0 Å². The van der Waals surface area contributed by atoms with E-state index >= 15 is 0 Å². The Bertz CT molecular complexity index is 356. The van der Waals surface area contributed by atoms with Crippen LogP contribution in [-0.2, 0) is 10.0 Å². The molecule has 11 heavy (non-hydrogen) atoms. The molecule has 1 rings (SSSR count). The molecule has 2 N–H and O–H groups in total. The first-order valence-corrected chi connectivity index (χ1v) is 4.56. The van der Waals surface area contributed by atoms with Crippen LogP contribution in [0.1, 0.15) is 5.56 Å². The highest BCUT2D eigenvalue weighted by atomic mass is 32.2. The zero-order chi connectivity index (χ0) is 8.48. The second-order valence-electron chi connectivity index (χ2n) is 2.23. The molecule has 4 heteroatoms. The maximum Gasteiger partial charge on any atom is 0.238 e. The number of hydrogen-bond donors (Lipinski definition) is 1. The highest BCUT2D eigenvalue weighted by Crippen LogP contribution is 2.10. The summed E-state index contributed by atoms with van der Waals surface area (Å²) in [4.78, 5) is 0.0694. The summed E-state index contributed by atoms with van der Waals surface area (Å²) in [5, 5.41) is 4.90. The topological polar surface area (TPSA) is 60.2 Å². The van der Waals surface area contributed by atoms with Gasteiger partial charge in [0.25, 0.3) is 0 Å². The van der Waals surface area contributed by atoms with Gasteiger partial charge in [0.2, 0.25) is 10.0 Å². The molecule has 0 saturated heterocycles. The number of hydrogen-bond acceptors (Lipinski definition) is 2. The molecule has 0 atom stereocenters. The smallest absolute Gasteiger partial charge is 0.225 e. The molecular formula is C7H8NO2S. The molecule has 0 aliphatic heterocycles. The van der Waals surface area contributed by atoms with E-state index in [0.29, 0.717) is 5.56 Å². The fraction of sp³-hybridized carbons (Fsp3) is 0.143. The normalized spacial score (nSPS) is 11.5. The molecule has 0 fully saturated rings. The molecule has 0 aromatic heterocycles. The van der Waals surface area contributed by atoms with Gasteiger partial charge in [0.1, 0.15) is 0 Å². The quantitative estimate of drug-likeness (QED) is 0.665. The van der Waals surface area contributed by atoms with Crippen molar-refractivity contribution >= 4 is 10.0 Å². The van der Waals surface area contributed by atoms with Crippen LogP contribution >= 0.6 is 0 Å². The zero-order valence-corrected chi connectivity index (χ0v) is 6.85. The Morgan fingerprint density at radius 3 is 2.55 bits per heavy atom. The first kappa shape index (κ1) is 8.23. The van der Waals surface area contributed by atoms with Crippen LogP contribution in [0.25, 0.3) is 0 Å². The highest BCUT2D eigenvalue weighted by molar-refractivity contribution is 7.89. The summed E-state index contributed by atoms with van der Waals surface area (Å²) in [6, 6.07) is 7.47. The van der Waals surface area contributed by atoms with Gasteiger partial charge in [0.05, 0.1) is 4.90 Å². The van der Waals surface area contributed by atoms with Gasteiger partial charge in [-0.15, -0.1) is 0 Å². The van der Waals surface area contributed by atoms with Gasteiger partial charge in [-0.3, -0.25) is 0 Å². The Kier molecular flexibility index (Phi) is 1.97. The Hall–Kier alpha value is -0.870. The molecular weight excluding hydrogens is 162 g/mol. The summed E-state index contributed by atoms with van der Waals surface area (Å²) >= 11 is 0.